The van der Waals surface area contributed by atoms with Crippen LogP contribution in [0.15, 0.2) is 95.7 Å². The number of phenolic OH excluding ortho intramolecular Hbond substituents is 1. The van der Waals surface area contributed by atoms with Crippen LogP contribution in [0.3, 0.4) is 0 Å². The Morgan fingerprint density at radius 3 is 1.01 bits per heavy atom. The molecule has 1 N–H and O–H groups in total. The maximum Gasteiger partial charge on any atom is 0.337 e. The van der Waals surface area contributed by atoms with Gasteiger partial charge in [0.1, 0.15) is 60.4 Å². The van der Waals surface area contributed by atoms with E-state index in [-0.39, 0.29) is 125 Å². The van der Waals surface area contributed by atoms with Crippen LogP contribution < -0.4 is 26.4 Å². The number of phenols is 1. The SMILES string of the molecule is O=C(Cl)CCCC(=O)OCCOC(=O)CCCC(=O)Cl.[N-]=[N+]=Cc1cc(=O)oc2cc(O)c(Br)cc12.[N-]=[N+]=Cc1cc(=O)oc2cc(OC(=O)CCCC(=O)OCCOC(=O)CCCC(=O)Oc3cc4oc(=O)cc(C=[N+]=[N-])c4cc3Br)c(Br)cc12. The predicted molar refractivity (Wildman–Crippen MR) is 311 cm³/mol. The largest absolute Gasteiger partial charge is 0.507 e. The molecule has 27 nitrogen and oxygen atoms in total. The number of carbonyl (C=O) groups is 8. The Morgan fingerprint density at radius 2 is 0.709 bits per heavy atom. The van der Waals surface area contributed by atoms with E-state index in [1.807, 2.05) is 0 Å². The van der Waals surface area contributed by atoms with Gasteiger partial charge in [-0.1, -0.05) is 0 Å². The minimum absolute atomic E-state index is 0.0336. The van der Waals surface area contributed by atoms with Crippen molar-refractivity contribution in [3.63, 3.8) is 0 Å². The first kappa shape index (κ1) is 69.9. The van der Waals surface area contributed by atoms with Crippen molar-refractivity contribution < 1.29 is 99.5 Å². The maximum absolute atomic E-state index is 12.3. The number of halogens is 5. The first-order chi connectivity index (χ1) is 41.0. The normalized spacial score (nSPS) is 10.3. The molecule has 0 aliphatic heterocycles. The number of esters is 6. The molecule has 0 unspecified atom stereocenters. The van der Waals surface area contributed by atoms with Gasteiger partial charge in [0.25, 0.3) is 18.6 Å². The fourth-order valence-corrected chi connectivity index (χ4v) is 8.45. The zero-order valence-corrected chi connectivity index (χ0v) is 50.7. The van der Waals surface area contributed by atoms with Gasteiger partial charge < -0.3 is 63.4 Å². The van der Waals surface area contributed by atoms with Gasteiger partial charge in [0, 0.05) is 104 Å². The van der Waals surface area contributed by atoms with Crippen LogP contribution in [-0.2, 0) is 57.3 Å². The molecule has 32 heteroatoms. The molecule has 0 amide bonds. The van der Waals surface area contributed by atoms with Crippen LogP contribution in [0.25, 0.3) is 49.5 Å². The van der Waals surface area contributed by atoms with Gasteiger partial charge in [-0.25, -0.2) is 14.4 Å². The predicted octanol–water partition coefficient (Wildman–Crippen LogP) is 8.51. The van der Waals surface area contributed by atoms with Crippen molar-refractivity contribution in [1.82, 2.24) is 0 Å². The molecule has 3 heterocycles. The van der Waals surface area contributed by atoms with Crippen molar-refractivity contribution in [2.24, 2.45) is 0 Å². The topological polar surface area (TPSA) is 412 Å². The highest BCUT2D eigenvalue weighted by atomic mass is 79.9. The summed E-state index contributed by atoms with van der Waals surface area (Å²) in [7, 11) is 0. The highest BCUT2D eigenvalue weighted by molar-refractivity contribution is 9.11. The Balaban J connectivity index is 0.000000357. The lowest BCUT2D eigenvalue weighted by Crippen LogP contribution is -2.15. The first-order valence-corrected chi connectivity index (χ1v) is 28.1. The molecule has 3 aromatic heterocycles. The molecule has 0 fully saturated rings. The second-order valence-electron chi connectivity index (χ2n) is 17.1. The number of hydrogen-bond acceptors (Lipinski definition) is 21. The highest BCUT2D eigenvalue weighted by Gasteiger charge is 2.18. The van der Waals surface area contributed by atoms with Crippen LogP contribution in [0.4, 0.5) is 0 Å². The van der Waals surface area contributed by atoms with Gasteiger partial charge in [-0.2, -0.15) is 14.4 Å². The highest BCUT2D eigenvalue weighted by Crippen LogP contribution is 2.34. The monoisotopic (exact) mass is 1420 g/mol. The van der Waals surface area contributed by atoms with Gasteiger partial charge in [-0.05, 0) is 115 Å². The summed E-state index contributed by atoms with van der Waals surface area (Å²) in [5, 5.41) is 9.86. The molecule has 0 saturated heterocycles. The van der Waals surface area contributed by atoms with E-state index in [1.54, 1.807) is 6.07 Å². The zero-order valence-electron chi connectivity index (χ0n) is 44.4. The maximum atomic E-state index is 12.3. The van der Waals surface area contributed by atoms with E-state index in [0.717, 1.165) is 30.8 Å². The van der Waals surface area contributed by atoms with Crippen molar-refractivity contribution in [3.05, 3.63) is 133 Å². The third-order valence-corrected chi connectivity index (χ3v) is 13.0. The number of ether oxygens (including phenoxy) is 6. The van der Waals surface area contributed by atoms with Crippen LogP contribution >= 0.6 is 71.0 Å². The molecule has 6 aromatic rings. The molecule has 0 spiro atoms. The summed E-state index contributed by atoms with van der Waals surface area (Å²) in [6.07, 6.45) is 4.05. The van der Waals surface area contributed by atoms with Crippen LogP contribution in [-0.4, -0.2) is 111 Å². The number of rotatable bonds is 27. The molecule has 0 bridgehead atoms. The van der Waals surface area contributed by atoms with Gasteiger partial charge >= 0.3 is 52.7 Å². The summed E-state index contributed by atoms with van der Waals surface area (Å²) in [4.78, 5) is 135. The molecule has 0 aliphatic rings. The quantitative estimate of drug-likeness (QED) is 0.00580. The van der Waals surface area contributed by atoms with Crippen molar-refractivity contribution in [3.8, 4) is 17.2 Å². The molecule has 452 valence electrons. The van der Waals surface area contributed by atoms with E-state index in [0.29, 0.717) is 59.1 Å². The summed E-state index contributed by atoms with van der Waals surface area (Å²) in [6, 6.07) is 12.1. The van der Waals surface area contributed by atoms with Gasteiger partial charge in [-0.15, -0.1) is 0 Å². The van der Waals surface area contributed by atoms with Gasteiger partial charge in [0.05, 0.1) is 30.1 Å². The number of benzene rings is 3. The third-order valence-electron chi connectivity index (χ3n) is 10.8. The zero-order chi connectivity index (χ0) is 63.3. The second-order valence-corrected chi connectivity index (χ2v) is 20.5. The van der Waals surface area contributed by atoms with Crippen molar-refractivity contribution in [1.29, 1.82) is 0 Å². The van der Waals surface area contributed by atoms with E-state index in [1.165, 1.54) is 36.4 Å². The molecule has 0 aliphatic carbocycles. The van der Waals surface area contributed by atoms with Gasteiger partial charge in [-0.3, -0.25) is 38.4 Å². The Hall–Kier alpha value is -8.59. The van der Waals surface area contributed by atoms with Gasteiger partial charge in [0.15, 0.2) is 0 Å². The third kappa shape index (κ3) is 24.6. The van der Waals surface area contributed by atoms with Crippen LogP contribution in [0, 0.1) is 0 Å². The standard InChI is InChI=1S/C32H24Br2N4O12.C12H16Cl2O6.C10H5BrN2O3/c33-21-11-19-17(15-37-35)9-31(43)47-23(19)13-25(21)49-29(41)5-1-3-27(39)45-7-8-46-28(40)4-2-6-30(42)50-26-14-24-20(12-22(26)34)18(16-38-36)10-32(44)48-24;13-9(15)3-1-5-11(17)19-7-8-20-12(18)6-2-4-10(14)16;11-7-2-6-5(4-13-12)1-10(15)16-9(6)3-8(7)14/h9-16H,1-8H2;1-8H2;1-4,14H. The molecular formula is C54H45Br3Cl2N6O21. The molecule has 86 heavy (non-hydrogen) atoms. The number of aromatic hydroxyl groups is 1. The lowest BCUT2D eigenvalue weighted by atomic mass is 10.1. The van der Waals surface area contributed by atoms with E-state index in [4.69, 9.17) is 81.5 Å². The van der Waals surface area contributed by atoms with Crippen LogP contribution in [0.5, 0.6) is 17.2 Å². The molecule has 0 atom stereocenters. The van der Waals surface area contributed by atoms with E-state index >= 15 is 0 Å². The average molecular weight is 1420 g/mol. The fraction of sp³-hybridized carbons (Fsp3) is 0.296. The first-order valence-electron chi connectivity index (χ1n) is 24.9. The number of nitrogens with zero attached hydrogens (tertiary/aromatic N) is 6. The van der Waals surface area contributed by atoms with E-state index in [9.17, 15) is 57.8 Å². The van der Waals surface area contributed by atoms with E-state index < -0.39 is 63.2 Å². The minimum atomic E-state index is -0.697. The Kier molecular flexibility index (Phi) is 29.5. The van der Waals surface area contributed by atoms with E-state index in [2.05, 4.69) is 62.2 Å². The summed E-state index contributed by atoms with van der Waals surface area (Å²) in [5.74, 6) is -3.42. The lowest BCUT2D eigenvalue weighted by Gasteiger charge is -2.09. The Labute approximate surface area is 518 Å². The molecular weight excluding hydrogens is 1380 g/mol. The number of fused-ring (bicyclic) bond motifs is 3. The molecule has 0 saturated carbocycles. The summed E-state index contributed by atoms with van der Waals surface area (Å²) in [5.41, 5.74) is 25.5. The molecule has 3 aromatic carbocycles. The molecule has 6 rings (SSSR count). The van der Waals surface area contributed by atoms with Crippen molar-refractivity contribution >= 4 is 169 Å². The van der Waals surface area contributed by atoms with Crippen LogP contribution in [0.1, 0.15) is 93.7 Å². The Bertz CT molecular complexity index is 3700. The Morgan fingerprint density at radius 1 is 0.430 bits per heavy atom. The lowest BCUT2D eigenvalue weighted by molar-refractivity contribution is -0.152. The summed E-state index contributed by atoms with van der Waals surface area (Å²) in [6.45, 7) is -0.526. The van der Waals surface area contributed by atoms with Crippen LogP contribution in [0.2, 0.25) is 0 Å². The fourth-order valence-electron chi connectivity index (χ4n) is 6.99. The second kappa shape index (κ2) is 36.3. The smallest absolute Gasteiger partial charge is 0.337 e. The summed E-state index contributed by atoms with van der Waals surface area (Å²) >= 11 is 19.9. The van der Waals surface area contributed by atoms with Gasteiger partial charge in [0.2, 0.25) is 10.5 Å². The van der Waals surface area contributed by atoms with Crippen molar-refractivity contribution in [2.75, 3.05) is 26.4 Å². The summed E-state index contributed by atoms with van der Waals surface area (Å²) < 4.78 is 46.6. The average Bonchev–Trinajstić information content (AvgIpc) is 1.16. The molecule has 0 radical (unpaired) electrons. The minimum Gasteiger partial charge on any atom is -0.507 e. The number of carbonyl (C=O) groups excluding carboxylic acids is 8. The van der Waals surface area contributed by atoms with Crippen molar-refractivity contribution in [2.45, 2.75) is 77.0 Å². The number of hydrogen-bond donors (Lipinski definition) is 1.